The summed E-state index contributed by atoms with van der Waals surface area (Å²) in [6.07, 6.45) is 3.37. The van der Waals surface area contributed by atoms with Gasteiger partial charge in [-0.3, -0.25) is 19.3 Å². The average Bonchev–Trinajstić information content (AvgIpc) is 2.95. The highest BCUT2D eigenvalue weighted by atomic mass is 32.2. The van der Waals surface area contributed by atoms with E-state index in [2.05, 4.69) is 0 Å². The lowest BCUT2D eigenvalue weighted by molar-refractivity contribution is -0.152. The second-order valence-electron chi connectivity index (χ2n) is 6.48. The molecule has 1 aromatic rings. The lowest BCUT2D eigenvalue weighted by Gasteiger charge is -2.33. The van der Waals surface area contributed by atoms with Crippen LogP contribution in [0.3, 0.4) is 0 Å². The number of nitrogens with zero attached hydrogens (tertiary/aromatic N) is 2. The van der Waals surface area contributed by atoms with E-state index in [0.29, 0.717) is 30.7 Å². The normalized spacial score (nSPS) is 21.3. The van der Waals surface area contributed by atoms with Crippen LogP contribution in [0.2, 0.25) is 0 Å². The van der Waals surface area contributed by atoms with Crippen molar-refractivity contribution in [3.05, 3.63) is 34.7 Å². The molecule has 0 saturated carbocycles. The van der Waals surface area contributed by atoms with Gasteiger partial charge in [-0.2, -0.15) is 0 Å². The minimum absolute atomic E-state index is 0.208. The fourth-order valence-electron chi connectivity index (χ4n) is 3.23. The molecule has 2 saturated heterocycles. The Balaban J connectivity index is 1.73. The number of piperidine rings is 1. The molecule has 1 atom stereocenters. The summed E-state index contributed by atoms with van der Waals surface area (Å²) in [5.74, 6) is -1.54. The van der Waals surface area contributed by atoms with Crippen molar-refractivity contribution in [1.82, 2.24) is 9.80 Å². The third kappa shape index (κ3) is 4.19. The van der Waals surface area contributed by atoms with E-state index in [1.165, 1.54) is 12.0 Å². The molecule has 0 aliphatic carbocycles. The van der Waals surface area contributed by atoms with E-state index in [9.17, 15) is 24.3 Å². The number of carbonyl (C=O) groups excluding carboxylic acids is 3. The first-order valence-electron chi connectivity index (χ1n) is 8.82. The van der Waals surface area contributed by atoms with Gasteiger partial charge < -0.3 is 14.7 Å². The molecule has 2 aliphatic heterocycles. The summed E-state index contributed by atoms with van der Waals surface area (Å²) in [6.45, 7) is -0.143. The Morgan fingerprint density at radius 3 is 2.82 bits per heavy atom. The molecule has 148 valence electrons. The van der Waals surface area contributed by atoms with Gasteiger partial charge in [-0.05, 0) is 54.8 Å². The van der Waals surface area contributed by atoms with Crippen LogP contribution in [0.4, 0.5) is 4.79 Å². The molecule has 0 spiro atoms. The number of thioether (sulfide) groups is 1. The molecule has 3 rings (SSSR count). The first-order valence-corrected chi connectivity index (χ1v) is 9.64. The molecule has 8 nitrogen and oxygen atoms in total. The third-order valence-electron chi connectivity index (χ3n) is 4.67. The van der Waals surface area contributed by atoms with Gasteiger partial charge in [0.15, 0.2) is 0 Å². The number of ether oxygens (including phenoxy) is 1. The zero-order valence-electron chi connectivity index (χ0n) is 15.3. The number of likely N-dealkylation sites (tertiary alicyclic amines) is 1. The topological polar surface area (TPSA) is 104 Å². The second-order valence-corrected chi connectivity index (χ2v) is 7.47. The zero-order chi connectivity index (χ0) is 20.3. The number of aliphatic carboxylic acids is 1. The number of amides is 3. The van der Waals surface area contributed by atoms with Crippen molar-refractivity contribution < 1.29 is 29.0 Å². The molecule has 0 unspecified atom stereocenters. The van der Waals surface area contributed by atoms with Crippen molar-refractivity contribution in [3.8, 4) is 5.75 Å². The number of carboxylic acids is 1. The summed E-state index contributed by atoms with van der Waals surface area (Å²) in [5, 5.41) is 8.76. The van der Waals surface area contributed by atoms with E-state index in [0.717, 1.165) is 23.1 Å². The van der Waals surface area contributed by atoms with E-state index in [1.807, 2.05) is 0 Å². The van der Waals surface area contributed by atoms with Gasteiger partial charge in [-0.25, -0.2) is 4.79 Å². The number of hydrogen-bond donors (Lipinski definition) is 1. The summed E-state index contributed by atoms with van der Waals surface area (Å²) in [5.41, 5.74) is 0.693. The maximum atomic E-state index is 12.6. The van der Waals surface area contributed by atoms with Crippen molar-refractivity contribution in [2.24, 2.45) is 0 Å². The van der Waals surface area contributed by atoms with Gasteiger partial charge in [0.25, 0.3) is 11.1 Å². The molecule has 2 aliphatic rings. The van der Waals surface area contributed by atoms with Gasteiger partial charge in [0.1, 0.15) is 18.3 Å². The van der Waals surface area contributed by atoms with Crippen molar-refractivity contribution >= 4 is 40.9 Å². The smallest absolute Gasteiger partial charge is 0.326 e. The first-order chi connectivity index (χ1) is 13.4. The lowest BCUT2D eigenvalue weighted by Crippen LogP contribution is -2.51. The van der Waals surface area contributed by atoms with Gasteiger partial charge in [0, 0.05) is 6.54 Å². The Hall–Kier alpha value is -2.81. The Bertz CT molecular complexity index is 853. The second kappa shape index (κ2) is 8.47. The highest BCUT2D eigenvalue weighted by molar-refractivity contribution is 8.18. The van der Waals surface area contributed by atoms with Gasteiger partial charge in [0.05, 0.1) is 12.0 Å². The number of imide groups is 1. The van der Waals surface area contributed by atoms with Crippen LogP contribution >= 0.6 is 11.8 Å². The van der Waals surface area contributed by atoms with Crippen LogP contribution < -0.4 is 4.74 Å². The fraction of sp³-hybridized carbons (Fsp3) is 0.368. The van der Waals surface area contributed by atoms with Crippen LogP contribution in [-0.4, -0.2) is 64.2 Å². The van der Waals surface area contributed by atoms with E-state index >= 15 is 0 Å². The fourth-order valence-corrected chi connectivity index (χ4v) is 4.07. The number of hydrogen-bond acceptors (Lipinski definition) is 6. The average molecular weight is 404 g/mol. The summed E-state index contributed by atoms with van der Waals surface area (Å²) in [4.78, 5) is 51.1. The van der Waals surface area contributed by atoms with Crippen LogP contribution in [0, 0.1) is 0 Å². The third-order valence-corrected chi connectivity index (χ3v) is 5.57. The molecule has 0 aromatic heterocycles. The van der Waals surface area contributed by atoms with Crippen molar-refractivity contribution in [3.63, 3.8) is 0 Å². The number of rotatable bonds is 5. The Kier molecular flexibility index (Phi) is 6.03. The predicted octanol–water partition coefficient (Wildman–Crippen LogP) is 2.20. The van der Waals surface area contributed by atoms with Crippen LogP contribution in [0.25, 0.3) is 6.08 Å². The van der Waals surface area contributed by atoms with Crippen molar-refractivity contribution in [2.75, 3.05) is 20.2 Å². The predicted molar refractivity (Wildman–Crippen MR) is 103 cm³/mol. The molecule has 28 heavy (non-hydrogen) atoms. The Morgan fingerprint density at radius 2 is 2.11 bits per heavy atom. The van der Waals surface area contributed by atoms with Gasteiger partial charge in [-0.1, -0.05) is 12.1 Å². The molecule has 1 aromatic carbocycles. The summed E-state index contributed by atoms with van der Waals surface area (Å²) in [6, 6.07) is 6.12. The van der Waals surface area contributed by atoms with Gasteiger partial charge in [0.2, 0.25) is 5.91 Å². The van der Waals surface area contributed by atoms with E-state index in [4.69, 9.17) is 4.74 Å². The quantitative estimate of drug-likeness (QED) is 0.750. The maximum absolute atomic E-state index is 12.6. The number of benzene rings is 1. The number of carboxylic acid groups (broad SMARTS) is 1. The van der Waals surface area contributed by atoms with Crippen LogP contribution in [0.15, 0.2) is 29.2 Å². The van der Waals surface area contributed by atoms with Gasteiger partial charge in [-0.15, -0.1) is 0 Å². The van der Waals surface area contributed by atoms with Crippen LogP contribution in [0.1, 0.15) is 24.8 Å². The largest absolute Gasteiger partial charge is 0.497 e. The molecule has 3 amide bonds. The van der Waals surface area contributed by atoms with Crippen molar-refractivity contribution in [1.29, 1.82) is 0 Å². The van der Waals surface area contributed by atoms with Crippen LogP contribution in [-0.2, 0) is 14.4 Å². The summed E-state index contributed by atoms with van der Waals surface area (Å²) in [7, 11) is 1.53. The molecular weight excluding hydrogens is 384 g/mol. The minimum atomic E-state index is -1.07. The standard InChI is InChI=1S/C19H20N2O6S/c1-27-13-6-4-5-12(9-13)10-15-17(23)21(19(26)28-15)11-16(22)20-8-3-2-7-14(20)18(24)25/h4-6,9-10,14H,2-3,7-8,11H2,1H3,(H,24,25)/b15-10-/t14-/m1/s1. The summed E-state index contributed by atoms with van der Waals surface area (Å²) >= 11 is 0.756. The Labute approximate surface area is 166 Å². The summed E-state index contributed by atoms with van der Waals surface area (Å²) < 4.78 is 5.14. The number of methoxy groups -OCH3 is 1. The lowest BCUT2D eigenvalue weighted by atomic mass is 10.0. The van der Waals surface area contributed by atoms with Crippen LogP contribution in [0.5, 0.6) is 5.75 Å². The number of carbonyl (C=O) groups is 4. The van der Waals surface area contributed by atoms with E-state index in [-0.39, 0.29) is 4.91 Å². The maximum Gasteiger partial charge on any atom is 0.326 e. The van der Waals surface area contributed by atoms with E-state index in [1.54, 1.807) is 30.3 Å². The SMILES string of the molecule is COc1cccc(/C=C2\SC(=O)N(CC(=O)N3CCCC[C@@H]3C(=O)O)C2=O)c1. The molecule has 0 radical (unpaired) electrons. The molecule has 2 heterocycles. The first kappa shape index (κ1) is 19.9. The minimum Gasteiger partial charge on any atom is -0.497 e. The molecule has 9 heteroatoms. The highest BCUT2D eigenvalue weighted by Crippen LogP contribution is 2.33. The van der Waals surface area contributed by atoms with Crippen molar-refractivity contribution in [2.45, 2.75) is 25.3 Å². The van der Waals surface area contributed by atoms with Gasteiger partial charge >= 0.3 is 5.97 Å². The zero-order valence-corrected chi connectivity index (χ0v) is 16.1. The molecule has 2 fully saturated rings. The monoisotopic (exact) mass is 404 g/mol. The Morgan fingerprint density at radius 1 is 1.32 bits per heavy atom. The molecule has 1 N–H and O–H groups in total. The highest BCUT2D eigenvalue weighted by Gasteiger charge is 2.39. The molecular formula is C19H20N2O6S. The van der Waals surface area contributed by atoms with E-state index < -0.39 is 35.6 Å². The molecule has 0 bridgehead atoms.